The van der Waals surface area contributed by atoms with Gasteiger partial charge in [0.05, 0.1) is 24.9 Å². The number of methoxy groups -OCH3 is 1. The molecule has 4 nitrogen and oxygen atoms in total. The van der Waals surface area contributed by atoms with Gasteiger partial charge in [-0.2, -0.15) is 0 Å². The van der Waals surface area contributed by atoms with Crippen LogP contribution >= 0.6 is 0 Å². The fraction of sp³-hybridized carbons (Fsp3) is 1.00. The van der Waals surface area contributed by atoms with Crippen molar-refractivity contribution in [3.05, 3.63) is 0 Å². The van der Waals surface area contributed by atoms with Gasteiger partial charge in [-0.15, -0.1) is 0 Å². The average Bonchev–Trinajstić information content (AvgIpc) is 2.00. The summed E-state index contributed by atoms with van der Waals surface area (Å²) in [4.78, 5) is 0. The van der Waals surface area contributed by atoms with E-state index in [1.54, 1.807) is 6.92 Å². The van der Waals surface area contributed by atoms with Crippen LogP contribution in [0.1, 0.15) is 6.92 Å². The molecule has 3 atom stereocenters. The van der Waals surface area contributed by atoms with Crippen molar-refractivity contribution in [3.63, 3.8) is 0 Å². The highest BCUT2D eigenvalue weighted by Gasteiger charge is 2.19. The first-order chi connectivity index (χ1) is 4.63. The van der Waals surface area contributed by atoms with E-state index in [2.05, 4.69) is 0 Å². The van der Waals surface area contributed by atoms with Gasteiger partial charge in [0.25, 0.3) is 0 Å². The summed E-state index contributed by atoms with van der Waals surface area (Å²) in [6, 6.07) is -0.616. The lowest BCUT2D eigenvalue weighted by Crippen LogP contribution is -2.44. The zero-order valence-corrected chi connectivity index (χ0v) is 6.32. The molecule has 0 aliphatic carbocycles. The molecule has 0 radical (unpaired) electrons. The summed E-state index contributed by atoms with van der Waals surface area (Å²) in [5, 5.41) is 17.7. The fourth-order valence-corrected chi connectivity index (χ4v) is 0.596. The minimum Gasteiger partial charge on any atom is -0.395 e. The molecule has 0 aromatic rings. The fourth-order valence-electron chi connectivity index (χ4n) is 0.596. The van der Waals surface area contributed by atoms with Gasteiger partial charge in [-0.3, -0.25) is 0 Å². The van der Waals surface area contributed by atoms with Gasteiger partial charge in [0.2, 0.25) is 0 Å². The van der Waals surface area contributed by atoms with E-state index in [1.807, 2.05) is 0 Å². The lowest BCUT2D eigenvalue weighted by Gasteiger charge is -2.21. The van der Waals surface area contributed by atoms with E-state index < -0.39 is 12.1 Å². The van der Waals surface area contributed by atoms with Crippen LogP contribution in [0.2, 0.25) is 0 Å². The summed E-state index contributed by atoms with van der Waals surface area (Å²) < 4.78 is 4.79. The second-order valence-electron chi connectivity index (χ2n) is 2.28. The summed E-state index contributed by atoms with van der Waals surface area (Å²) >= 11 is 0. The quantitative estimate of drug-likeness (QED) is 0.464. The SMILES string of the molecule is COC(C)C(O)C(N)CO. The van der Waals surface area contributed by atoms with E-state index in [0.29, 0.717) is 0 Å². The molecule has 0 spiro atoms. The predicted molar refractivity (Wildman–Crippen MR) is 37.5 cm³/mol. The highest BCUT2D eigenvalue weighted by atomic mass is 16.5. The Kier molecular flexibility index (Phi) is 4.55. The standard InChI is InChI=1S/C6H15NO3/c1-4(10-2)6(9)5(7)3-8/h4-6,8-9H,3,7H2,1-2H3. The van der Waals surface area contributed by atoms with Crippen LogP contribution < -0.4 is 5.73 Å². The normalized spacial score (nSPS) is 20.1. The third-order valence-electron chi connectivity index (χ3n) is 1.50. The molecule has 0 aromatic heterocycles. The number of hydrogen-bond acceptors (Lipinski definition) is 4. The van der Waals surface area contributed by atoms with Crippen LogP contribution in [-0.2, 0) is 4.74 Å². The van der Waals surface area contributed by atoms with Crippen molar-refractivity contribution in [1.29, 1.82) is 0 Å². The molecule has 0 heterocycles. The van der Waals surface area contributed by atoms with E-state index in [0.717, 1.165) is 0 Å². The van der Waals surface area contributed by atoms with Crippen molar-refractivity contribution in [1.82, 2.24) is 0 Å². The number of aliphatic hydroxyl groups is 2. The Morgan fingerprint density at radius 1 is 1.60 bits per heavy atom. The number of ether oxygens (including phenoxy) is 1. The molecular weight excluding hydrogens is 134 g/mol. The van der Waals surface area contributed by atoms with Gasteiger partial charge >= 0.3 is 0 Å². The Morgan fingerprint density at radius 3 is 2.40 bits per heavy atom. The summed E-state index contributed by atoms with van der Waals surface area (Å²) in [5.41, 5.74) is 5.31. The first-order valence-corrected chi connectivity index (χ1v) is 3.20. The highest BCUT2D eigenvalue weighted by molar-refractivity contribution is 4.75. The molecule has 0 aliphatic heterocycles. The Hall–Kier alpha value is -0.160. The van der Waals surface area contributed by atoms with Crippen LogP contribution in [0, 0.1) is 0 Å². The molecule has 10 heavy (non-hydrogen) atoms. The van der Waals surface area contributed by atoms with E-state index in [-0.39, 0.29) is 12.7 Å². The lowest BCUT2D eigenvalue weighted by atomic mass is 10.1. The molecule has 0 saturated heterocycles. The van der Waals surface area contributed by atoms with E-state index in [4.69, 9.17) is 15.6 Å². The molecule has 0 aromatic carbocycles. The predicted octanol–water partition coefficient (Wildman–Crippen LogP) is -1.30. The number of aliphatic hydroxyl groups excluding tert-OH is 2. The molecule has 0 amide bonds. The minimum absolute atomic E-state index is 0.227. The smallest absolute Gasteiger partial charge is 0.0971 e. The van der Waals surface area contributed by atoms with E-state index in [1.165, 1.54) is 7.11 Å². The Balaban J connectivity index is 3.69. The van der Waals surface area contributed by atoms with Crippen LogP contribution in [0.25, 0.3) is 0 Å². The maximum Gasteiger partial charge on any atom is 0.0971 e. The van der Waals surface area contributed by atoms with Crippen molar-refractivity contribution >= 4 is 0 Å². The van der Waals surface area contributed by atoms with Crippen molar-refractivity contribution in [2.24, 2.45) is 5.73 Å². The molecular formula is C6H15NO3. The maximum absolute atomic E-state index is 9.18. The van der Waals surface area contributed by atoms with Crippen LogP contribution in [0.15, 0.2) is 0 Å². The summed E-state index contributed by atoms with van der Waals surface area (Å²) in [6.07, 6.45) is -1.13. The van der Waals surface area contributed by atoms with E-state index in [9.17, 15) is 5.11 Å². The van der Waals surface area contributed by atoms with Gasteiger partial charge in [0.1, 0.15) is 0 Å². The van der Waals surface area contributed by atoms with Crippen molar-refractivity contribution in [2.75, 3.05) is 13.7 Å². The second-order valence-corrected chi connectivity index (χ2v) is 2.28. The largest absolute Gasteiger partial charge is 0.395 e. The van der Waals surface area contributed by atoms with Crippen LogP contribution in [0.3, 0.4) is 0 Å². The van der Waals surface area contributed by atoms with Gasteiger partial charge < -0.3 is 20.7 Å². The Labute approximate surface area is 60.6 Å². The summed E-state index contributed by atoms with van der Waals surface area (Å²) in [5.74, 6) is 0. The molecule has 62 valence electrons. The van der Waals surface area contributed by atoms with E-state index >= 15 is 0 Å². The zero-order valence-electron chi connectivity index (χ0n) is 6.32. The molecule has 0 saturated carbocycles. The molecule has 4 heteroatoms. The monoisotopic (exact) mass is 149 g/mol. The zero-order chi connectivity index (χ0) is 8.15. The molecule has 0 aliphatic rings. The van der Waals surface area contributed by atoms with Crippen LogP contribution in [0.4, 0.5) is 0 Å². The van der Waals surface area contributed by atoms with Crippen LogP contribution in [0.5, 0.6) is 0 Å². The molecule has 0 bridgehead atoms. The molecule has 3 unspecified atom stereocenters. The van der Waals surface area contributed by atoms with Crippen molar-refractivity contribution in [3.8, 4) is 0 Å². The molecule has 0 rings (SSSR count). The first-order valence-electron chi connectivity index (χ1n) is 3.20. The Bertz CT molecular complexity index is 79.1. The van der Waals surface area contributed by atoms with Crippen molar-refractivity contribution < 1.29 is 14.9 Å². The third-order valence-corrected chi connectivity index (χ3v) is 1.50. The third kappa shape index (κ3) is 2.62. The average molecular weight is 149 g/mol. The van der Waals surface area contributed by atoms with Gasteiger partial charge in [0.15, 0.2) is 0 Å². The van der Waals surface area contributed by atoms with Gasteiger partial charge in [-0.25, -0.2) is 0 Å². The summed E-state index contributed by atoms with van der Waals surface area (Å²) in [6.45, 7) is 1.47. The second kappa shape index (κ2) is 4.62. The van der Waals surface area contributed by atoms with Gasteiger partial charge in [0, 0.05) is 7.11 Å². The Morgan fingerprint density at radius 2 is 2.10 bits per heavy atom. The number of nitrogens with two attached hydrogens (primary N) is 1. The van der Waals surface area contributed by atoms with Crippen molar-refractivity contribution in [2.45, 2.75) is 25.2 Å². The van der Waals surface area contributed by atoms with Crippen LogP contribution in [-0.4, -0.2) is 42.2 Å². The topological polar surface area (TPSA) is 75.7 Å². The number of rotatable bonds is 4. The minimum atomic E-state index is -0.796. The lowest BCUT2D eigenvalue weighted by molar-refractivity contribution is -0.0219. The van der Waals surface area contributed by atoms with Gasteiger partial charge in [-0.1, -0.05) is 0 Å². The highest BCUT2D eigenvalue weighted by Crippen LogP contribution is 1.99. The molecule has 0 fully saturated rings. The number of hydrogen-bond donors (Lipinski definition) is 3. The van der Waals surface area contributed by atoms with Gasteiger partial charge in [-0.05, 0) is 6.92 Å². The molecule has 4 N–H and O–H groups in total. The maximum atomic E-state index is 9.18. The summed E-state index contributed by atoms with van der Waals surface area (Å²) in [7, 11) is 1.48. The first kappa shape index (κ1) is 9.84.